The predicted molar refractivity (Wildman–Crippen MR) is 73.2 cm³/mol. The van der Waals surface area contributed by atoms with Crippen molar-refractivity contribution in [2.45, 2.75) is 32.9 Å². The summed E-state index contributed by atoms with van der Waals surface area (Å²) in [5.41, 5.74) is 4.60. The normalized spacial score (nSPS) is 12.6. The highest BCUT2D eigenvalue weighted by atomic mass is 32.1. The Morgan fingerprint density at radius 3 is 2.53 bits per heavy atom. The van der Waals surface area contributed by atoms with Crippen molar-refractivity contribution in [2.24, 2.45) is 0 Å². The summed E-state index contributed by atoms with van der Waals surface area (Å²) in [6.07, 6.45) is 3.04. The summed E-state index contributed by atoms with van der Waals surface area (Å²) in [4.78, 5) is 5.39. The molecule has 0 spiro atoms. The zero-order valence-electron chi connectivity index (χ0n) is 10.3. The molecule has 1 N–H and O–H groups in total. The molecule has 1 aromatic heterocycles. The molecule has 0 saturated carbocycles. The van der Waals surface area contributed by atoms with Gasteiger partial charge in [-0.1, -0.05) is 31.2 Å². The number of aryl methyl sites for hydroxylation is 1. The SMILES string of the molecule is CCc1ccc(CNC(C)c2cncs2)cc1. The van der Waals surface area contributed by atoms with Gasteiger partial charge in [0.2, 0.25) is 0 Å². The number of aromatic nitrogens is 1. The molecule has 90 valence electrons. The maximum Gasteiger partial charge on any atom is 0.0794 e. The third kappa shape index (κ3) is 3.38. The number of hydrogen-bond acceptors (Lipinski definition) is 3. The van der Waals surface area contributed by atoms with Crippen LogP contribution in [0, 0.1) is 0 Å². The fourth-order valence-electron chi connectivity index (χ4n) is 1.70. The van der Waals surface area contributed by atoms with Gasteiger partial charge in [-0.2, -0.15) is 0 Å². The minimum absolute atomic E-state index is 0.369. The van der Waals surface area contributed by atoms with Crippen LogP contribution in [0.15, 0.2) is 36.0 Å². The van der Waals surface area contributed by atoms with Crippen molar-refractivity contribution in [3.63, 3.8) is 0 Å². The molecule has 1 unspecified atom stereocenters. The van der Waals surface area contributed by atoms with Crippen molar-refractivity contribution in [3.05, 3.63) is 52.0 Å². The Morgan fingerprint density at radius 1 is 1.24 bits per heavy atom. The molecule has 0 amide bonds. The first kappa shape index (κ1) is 12.3. The molecule has 1 heterocycles. The van der Waals surface area contributed by atoms with Crippen molar-refractivity contribution >= 4 is 11.3 Å². The number of benzene rings is 1. The number of thiazole rings is 1. The van der Waals surface area contributed by atoms with Gasteiger partial charge in [-0.05, 0) is 24.5 Å². The first-order chi connectivity index (χ1) is 8.29. The molecule has 0 aliphatic heterocycles. The first-order valence-corrected chi connectivity index (χ1v) is 6.87. The molecular weight excluding hydrogens is 228 g/mol. The van der Waals surface area contributed by atoms with E-state index >= 15 is 0 Å². The third-order valence-electron chi connectivity index (χ3n) is 2.92. The van der Waals surface area contributed by atoms with Crippen molar-refractivity contribution in [1.29, 1.82) is 0 Å². The molecule has 2 rings (SSSR count). The van der Waals surface area contributed by atoms with E-state index in [4.69, 9.17) is 0 Å². The molecule has 2 nitrogen and oxygen atoms in total. The molecule has 2 aromatic rings. The summed E-state index contributed by atoms with van der Waals surface area (Å²) < 4.78 is 0. The van der Waals surface area contributed by atoms with Crippen LogP contribution in [0.4, 0.5) is 0 Å². The Balaban J connectivity index is 1.89. The first-order valence-electron chi connectivity index (χ1n) is 5.99. The fraction of sp³-hybridized carbons (Fsp3) is 0.357. The Morgan fingerprint density at radius 2 is 1.94 bits per heavy atom. The largest absolute Gasteiger partial charge is 0.305 e. The number of rotatable bonds is 5. The van der Waals surface area contributed by atoms with E-state index in [0.29, 0.717) is 6.04 Å². The summed E-state index contributed by atoms with van der Waals surface area (Å²) in [5.74, 6) is 0. The molecule has 0 aliphatic carbocycles. The van der Waals surface area contributed by atoms with E-state index in [9.17, 15) is 0 Å². The molecule has 0 radical (unpaired) electrons. The summed E-state index contributed by atoms with van der Waals surface area (Å²) in [7, 11) is 0. The average Bonchev–Trinajstić information content (AvgIpc) is 2.90. The smallest absolute Gasteiger partial charge is 0.0794 e. The summed E-state index contributed by atoms with van der Waals surface area (Å²) in [5, 5.41) is 3.51. The van der Waals surface area contributed by atoms with E-state index in [1.807, 2.05) is 11.7 Å². The highest BCUT2D eigenvalue weighted by molar-refractivity contribution is 7.09. The average molecular weight is 246 g/mol. The highest BCUT2D eigenvalue weighted by Gasteiger charge is 2.05. The number of hydrogen-bond donors (Lipinski definition) is 1. The molecule has 0 fully saturated rings. The van der Waals surface area contributed by atoms with E-state index in [1.165, 1.54) is 16.0 Å². The maximum atomic E-state index is 4.10. The molecule has 1 aromatic carbocycles. The molecular formula is C14H18N2S. The van der Waals surface area contributed by atoms with Gasteiger partial charge in [0.1, 0.15) is 0 Å². The topological polar surface area (TPSA) is 24.9 Å². The van der Waals surface area contributed by atoms with E-state index in [2.05, 4.69) is 48.4 Å². The van der Waals surface area contributed by atoms with Crippen molar-refractivity contribution in [3.8, 4) is 0 Å². The van der Waals surface area contributed by atoms with E-state index in [1.54, 1.807) is 11.3 Å². The van der Waals surface area contributed by atoms with Gasteiger partial charge in [0.05, 0.1) is 5.51 Å². The van der Waals surface area contributed by atoms with Gasteiger partial charge >= 0.3 is 0 Å². The zero-order valence-corrected chi connectivity index (χ0v) is 11.1. The summed E-state index contributed by atoms with van der Waals surface area (Å²) >= 11 is 1.70. The molecule has 0 bridgehead atoms. The van der Waals surface area contributed by atoms with Crippen LogP contribution < -0.4 is 5.32 Å². The van der Waals surface area contributed by atoms with Crippen LogP contribution in [-0.2, 0) is 13.0 Å². The third-order valence-corrected chi connectivity index (χ3v) is 3.88. The zero-order chi connectivity index (χ0) is 12.1. The predicted octanol–water partition coefficient (Wildman–Crippen LogP) is 3.56. The fourth-order valence-corrected chi connectivity index (χ4v) is 2.36. The second-order valence-electron chi connectivity index (χ2n) is 4.18. The number of nitrogens with zero attached hydrogens (tertiary/aromatic N) is 1. The molecule has 1 atom stereocenters. The summed E-state index contributed by atoms with van der Waals surface area (Å²) in [6.45, 7) is 5.26. The Labute approximate surface area is 107 Å². The van der Waals surface area contributed by atoms with Crippen LogP contribution in [0.3, 0.4) is 0 Å². The lowest BCUT2D eigenvalue weighted by Gasteiger charge is -2.11. The molecule has 0 aliphatic rings. The Kier molecular flexibility index (Phi) is 4.29. The lowest BCUT2D eigenvalue weighted by Crippen LogP contribution is -2.17. The van der Waals surface area contributed by atoms with Gasteiger partial charge < -0.3 is 5.32 Å². The van der Waals surface area contributed by atoms with E-state index in [0.717, 1.165) is 13.0 Å². The van der Waals surface area contributed by atoms with Crippen LogP contribution in [0.25, 0.3) is 0 Å². The van der Waals surface area contributed by atoms with Crippen LogP contribution in [-0.4, -0.2) is 4.98 Å². The quantitative estimate of drug-likeness (QED) is 0.872. The van der Waals surface area contributed by atoms with Gasteiger partial charge in [0, 0.05) is 23.7 Å². The van der Waals surface area contributed by atoms with Gasteiger partial charge in [-0.25, -0.2) is 0 Å². The molecule has 0 saturated heterocycles. The van der Waals surface area contributed by atoms with Crippen LogP contribution in [0.1, 0.15) is 35.9 Å². The Bertz CT molecular complexity index is 434. The molecule has 3 heteroatoms. The number of nitrogens with one attached hydrogen (secondary N) is 1. The van der Waals surface area contributed by atoms with Gasteiger partial charge in [0.15, 0.2) is 0 Å². The van der Waals surface area contributed by atoms with Crippen LogP contribution in [0.2, 0.25) is 0 Å². The second-order valence-corrected chi connectivity index (χ2v) is 5.09. The Hall–Kier alpha value is -1.19. The van der Waals surface area contributed by atoms with Gasteiger partial charge in [0.25, 0.3) is 0 Å². The van der Waals surface area contributed by atoms with E-state index < -0.39 is 0 Å². The van der Waals surface area contributed by atoms with Gasteiger partial charge in [-0.15, -0.1) is 11.3 Å². The lowest BCUT2D eigenvalue weighted by molar-refractivity contribution is 0.582. The van der Waals surface area contributed by atoms with Crippen molar-refractivity contribution in [1.82, 2.24) is 10.3 Å². The van der Waals surface area contributed by atoms with Crippen molar-refractivity contribution < 1.29 is 0 Å². The van der Waals surface area contributed by atoms with Crippen molar-refractivity contribution in [2.75, 3.05) is 0 Å². The molecule has 17 heavy (non-hydrogen) atoms. The standard InChI is InChI=1S/C14H18N2S/c1-3-12-4-6-13(7-5-12)8-16-11(2)14-9-15-10-17-14/h4-7,9-11,16H,3,8H2,1-2H3. The highest BCUT2D eigenvalue weighted by Crippen LogP contribution is 2.16. The lowest BCUT2D eigenvalue weighted by atomic mass is 10.1. The summed E-state index contributed by atoms with van der Waals surface area (Å²) in [6, 6.07) is 9.17. The second kappa shape index (κ2) is 5.94. The maximum absolute atomic E-state index is 4.10. The monoisotopic (exact) mass is 246 g/mol. The van der Waals surface area contributed by atoms with Gasteiger partial charge in [-0.3, -0.25) is 4.98 Å². The van der Waals surface area contributed by atoms with Crippen LogP contribution in [0.5, 0.6) is 0 Å². The minimum Gasteiger partial charge on any atom is -0.305 e. The van der Waals surface area contributed by atoms with E-state index in [-0.39, 0.29) is 0 Å². The minimum atomic E-state index is 0.369. The van der Waals surface area contributed by atoms with Crippen LogP contribution >= 0.6 is 11.3 Å².